The molecule has 0 aliphatic heterocycles. The first-order valence-corrected chi connectivity index (χ1v) is 4.79. The largest absolute Gasteiger partial charge is 0.477 e. The van der Waals surface area contributed by atoms with Gasteiger partial charge in [-0.2, -0.15) is 0 Å². The molecule has 0 heterocycles. The van der Waals surface area contributed by atoms with E-state index in [9.17, 15) is 4.79 Å². The molecule has 0 amide bonds. The van der Waals surface area contributed by atoms with Gasteiger partial charge in [-0.25, -0.2) is 4.79 Å². The number of nitrogens with two attached hydrogens (primary N) is 1. The molecule has 0 unspecified atom stereocenters. The zero-order chi connectivity index (χ0) is 12.1. The molecule has 0 saturated heterocycles. The quantitative estimate of drug-likeness (QED) is 0.595. The number of aliphatic imine (C=N–C) groups is 1. The van der Waals surface area contributed by atoms with Crippen molar-refractivity contribution < 1.29 is 9.90 Å². The average molecular weight is 218 g/mol. The van der Waals surface area contributed by atoms with Gasteiger partial charge in [0.2, 0.25) is 0 Å². The van der Waals surface area contributed by atoms with E-state index in [0.29, 0.717) is 5.57 Å². The summed E-state index contributed by atoms with van der Waals surface area (Å²) in [6.45, 7) is 1.90. The molecule has 1 aromatic rings. The van der Waals surface area contributed by atoms with E-state index in [1.54, 1.807) is 7.05 Å². The Labute approximate surface area is 94.1 Å². The van der Waals surface area contributed by atoms with Crippen molar-refractivity contribution in [3.8, 4) is 0 Å². The summed E-state index contributed by atoms with van der Waals surface area (Å²) < 4.78 is 0. The van der Waals surface area contributed by atoms with Crippen molar-refractivity contribution in [1.29, 1.82) is 0 Å². The highest BCUT2D eigenvalue weighted by atomic mass is 16.4. The maximum Gasteiger partial charge on any atom is 0.352 e. The molecule has 0 bridgehead atoms. The number of carboxylic acids is 1. The Hall–Kier alpha value is -2.10. The van der Waals surface area contributed by atoms with Gasteiger partial charge in [-0.15, -0.1) is 0 Å². The smallest absolute Gasteiger partial charge is 0.352 e. The molecule has 0 saturated carbocycles. The SMILES string of the molecule is CN=CC(=C(N)C(=O)O)c1ccccc1C. The molecule has 0 aliphatic rings. The Morgan fingerprint density at radius 3 is 2.56 bits per heavy atom. The van der Waals surface area contributed by atoms with Crippen LogP contribution in [0.15, 0.2) is 35.0 Å². The van der Waals surface area contributed by atoms with Gasteiger partial charge in [0, 0.05) is 18.8 Å². The Morgan fingerprint density at radius 2 is 2.06 bits per heavy atom. The molecule has 4 heteroatoms. The minimum Gasteiger partial charge on any atom is -0.477 e. The number of carboxylic acid groups (broad SMARTS) is 1. The van der Waals surface area contributed by atoms with Crippen LogP contribution >= 0.6 is 0 Å². The summed E-state index contributed by atoms with van der Waals surface area (Å²) in [6.07, 6.45) is 1.46. The molecule has 0 aromatic heterocycles. The molecule has 0 fully saturated rings. The topological polar surface area (TPSA) is 75.7 Å². The third kappa shape index (κ3) is 2.48. The number of nitrogens with zero attached hydrogens (tertiary/aromatic N) is 1. The van der Waals surface area contributed by atoms with Crippen LogP contribution in [-0.2, 0) is 4.79 Å². The number of aryl methyl sites for hydroxylation is 1. The van der Waals surface area contributed by atoms with E-state index in [0.717, 1.165) is 11.1 Å². The van der Waals surface area contributed by atoms with Crippen molar-refractivity contribution >= 4 is 17.8 Å². The van der Waals surface area contributed by atoms with Gasteiger partial charge < -0.3 is 10.8 Å². The van der Waals surface area contributed by atoms with Crippen LogP contribution in [-0.4, -0.2) is 24.3 Å². The van der Waals surface area contributed by atoms with Gasteiger partial charge in [-0.05, 0) is 18.1 Å². The van der Waals surface area contributed by atoms with E-state index in [1.807, 2.05) is 31.2 Å². The Bertz CT molecular complexity index is 462. The van der Waals surface area contributed by atoms with E-state index in [1.165, 1.54) is 6.21 Å². The number of aliphatic carboxylic acids is 1. The number of benzene rings is 1. The molecule has 1 rings (SSSR count). The van der Waals surface area contributed by atoms with Crippen LogP contribution in [0.1, 0.15) is 11.1 Å². The molecular formula is C12H14N2O2. The van der Waals surface area contributed by atoms with Crippen molar-refractivity contribution in [2.75, 3.05) is 7.05 Å². The fraction of sp³-hybridized carbons (Fsp3) is 0.167. The number of allylic oxidation sites excluding steroid dienone is 1. The lowest BCUT2D eigenvalue weighted by Gasteiger charge is -2.07. The van der Waals surface area contributed by atoms with E-state index in [4.69, 9.17) is 10.8 Å². The molecule has 0 aliphatic carbocycles. The summed E-state index contributed by atoms with van der Waals surface area (Å²) >= 11 is 0. The fourth-order valence-corrected chi connectivity index (χ4v) is 1.40. The van der Waals surface area contributed by atoms with Crippen LogP contribution in [0.4, 0.5) is 0 Å². The van der Waals surface area contributed by atoms with Gasteiger partial charge in [0.05, 0.1) is 0 Å². The number of hydrogen-bond acceptors (Lipinski definition) is 3. The Kier molecular flexibility index (Phi) is 3.83. The summed E-state index contributed by atoms with van der Waals surface area (Å²) in [6, 6.07) is 7.44. The average Bonchev–Trinajstić information content (AvgIpc) is 2.26. The lowest BCUT2D eigenvalue weighted by molar-refractivity contribution is -0.132. The summed E-state index contributed by atoms with van der Waals surface area (Å²) in [5.41, 5.74) is 7.53. The minimum absolute atomic E-state index is 0.195. The predicted molar refractivity (Wildman–Crippen MR) is 64.3 cm³/mol. The van der Waals surface area contributed by atoms with E-state index in [-0.39, 0.29) is 5.70 Å². The van der Waals surface area contributed by atoms with Crippen molar-refractivity contribution in [1.82, 2.24) is 0 Å². The summed E-state index contributed by atoms with van der Waals surface area (Å²) in [7, 11) is 1.58. The number of hydrogen-bond donors (Lipinski definition) is 2. The lowest BCUT2D eigenvalue weighted by atomic mass is 10.00. The first-order chi connectivity index (χ1) is 7.57. The van der Waals surface area contributed by atoms with Crippen LogP contribution in [0, 0.1) is 6.92 Å². The standard InChI is InChI=1S/C12H14N2O2/c1-8-5-3-4-6-9(8)10(7-14-2)11(13)12(15)16/h3-7H,13H2,1-2H3,(H,15,16). The van der Waals surface area contributed by atoms with E-state index in [2.05, 4.69) is 4.99 Å². The molecule has 16 heavy (non-hydrogen) atoms. The second-order valence-electron chi connectivity index (χ2n) is 3.33. The van der Waals surface area contributed by atoms with Gasteiger partial charge in [0.1, 0.15) is 5.70 Å². The maximum absolute atomic E-state index is 10.9. The maximum atomic E-state index is 10.9. The summed E-state index contributed by atoms with van der Waals surface area (Å²) in [5, 5.41) is 8.89. The molecule has 4 nitrogen and oxygen atoms in total. The van der Waals surface area contributed by atoms with Gasteiger partial charge in [-0.3, -0.25) is 4.99 Å². The number of rotatable bonds is 3. The summed E-state index contributed by atoms with van der Waals surface area (Å²) in [4.78, 5) is 14.7. The molecule has 0 spiro atoms. The van der Waals surface area contributed by atoms with E-state index >= 15 is 0 Å². The molecule has 84 valence electrons. The van der Waals surface area contributed by atoms with Gasteiger partial charge >= 0.3 is 5.97 Å². The second-order valence-corrected chi connectivity index (χ2v) is 3.33. The third-order valence-electron chi connectivity index (χ3n) is 2.21. The minimum atomic E-state index is -1.14. The first kappa shape index (κ1) is 12.0. The highest BCUT2D eigenvalue weighted by Gasteiger charge is 2.12. The monoisotopic (exact) mass is 218 g/mol. The molecule has 1 aromatic carbocycles. The number of carbonyl (C=O) groups is 1. The zero-order valence-corrected chi connectivity index (χ0v) is 9.27. The Morgan fingerprint density at radius 1 is 1.44 bits per heavy atom. The fourth-order valence-electron chi connectivity index (χ4n) is 1.40. The second kappa shape index (κ2) is 5.11. The Balaban J connectivity index is 3.40. The molecule has 0 radical (unpaired) electrons. The normalized spacial score (nSPS) is 12.6. The van der Waals surface area contributed by atoms with Crippen LogP contribution in [0.2, 0.25) is 0 Å². The molecule has 0 atom stereocenters. The van der Waals surface area contributed by atoms with Crippen LogP contribution in [0.5, 0.6) is 0 Å². The van der Waals surface area contributed by atoms with Crippen LogP contribution in [0.3, 0.4) is 0 Å². The van der Waals surface area contributed by atoms with Gasteiger partial charge in [0.15, 0.2) is 0 Å². The highest BCUT2D eigenvalue weighted by Crippen LogP contribution is 2.18. The van der Waals surface area contributed by atoms with Gasteiger partial charge in [0.25, 0.3) is 0 Å². The van der Waals surface area contributed by atoms with Crippen molar-refractivity contribution in [2.45, 2.75) is 6.92 Å². The molecular weight excluding hydrogens is 204 g/mol. The summed E-state index contributed by atoms with van der Waals surface area (Å²) in [5.74, 6) is -1.14. The molecule has 3 N–H and O–H groups in total. The third-order valence-corrected chi connectivity index (χ3v) is 2.21. The van der Waals surface area contributed by atoms with Crippen LogP contribution in [0.25, 0.3) is 5.57 Å². The lowest BCUT2D eigenvalue weighted by Crippen LogP contribution is -2.14. The van der Waals surface area contributed by atoms with Crippen molar-refractivity contribution in [2.24, 2.45) is 10.7 Å². The van der Waals surface area contributed by atoms with Crippen LogP contribution < -0.4 is 5.73 Å². The predicted octanol–water partition coefficient (Wildman–Crippen LogP) is 1.45. The first-order valence-electron chi connectivity index (χ1n) is 4.79. The van der Waals surface area contributed by atoms with E-state index < -0.39 is 5.97 Å². The van der Waals surface area contributed by atoms with Gasteiger partial charge in [-0.1, -0.05) is 24.3 Å². The van der Waals surface area contributed by atoms with Crippen molar-refractivity contribution in [3.05, 3.63) is 41.1 Å². The highest BCUT2D eigenvalue weighted by molar-refractivity contribution is 6.17. The van der Waals surface area contributed by atoms with Crippen molar-refractivity contribution in [3.63, 3.8) is 0 Å². The zero-order valence-electron chi connectivity index (χ0n) is 9.27.